The molecule has 1 unspecified atom stereocenters. The first-order chi connectivity index (χ1) is 9.19. The topological polar surface area (TPSA) is 50.8 Å². The smallest absolute Gasteiger partial charge is 0.142 e. The van der Waals surface area contributed by atoms with Gasteiger partial charge in [-0.1, -0.05) is 49.3 Å². The van der Waals surface area contributed by atoms with E-state index in [1.807, 2.05) is 0 Å². The molecule has 0 fully saturated rings. The van der Waals surface area contributed by atoms with Crippen LogP contribution in [0.1, 0.15) is 27.7 Å². The van der Waals surface area contributed by atoms with Gasteiger partial charge in [-0.3, -0.25) is 4.90 Å². The average molecular weight is 318 g/mol. The normalized spacial score (nSPS) is 12.2. The van der Waals surface area contributed by atoms with Crippen molar-refractivity contribution in [3.8, 4) is 12.1 Å². The molecule has 108 valence electrons. The lowest BCUT2D eigenvalue weighted by Crippen LogP contribution is -2.37. The van der Waals surface area contributed by atoms with Crippen LogP contribution >= 0.6 is 32.1 Å². The summed E-state index contributed by atoms with van der Waals surface area (Å²) < 4.78 is 0. The summed E-state index contributed by atoms with van der Waals surface area (Å²) in [5, 5.41) is 17.9. The van der Waals surface area contributed by atoms with Crippen LogP contribution in [-0.4, -0.2) is 45.5 Å². The van der Waals surface area contributed by atoms with Gasteiger partial charge in [-0.05, 0) is 11.5 Å². The zero-order chi connectivity index (χ0) is 14.7. The van der Waals surface area contributed by atoms with E-state index in [9.17, 15) is 5.26 Å². The predicted octanol–water partition coefficient (Wildman–Crippen LogP) is 3.56. The van der Waals surface area contributed by atoms with Crippen LogP contribution in [0.3, 0.4) is 0 Å². The summed E-state index contributed by atoms with van der Waals surface area (Å²) in [5.74, 6) is 2.61. The van der Waals surface area contributed by atoms with Gasteiger partial charge in [-0.15, -0.1) is 0 Å². The van der Waals surface area contributed by atoms with Gasteiger partial charge in [0.15, 0.2) is 0 Å². The van der Waals surface area contributed by atoms with Gasteiger partial charge in [0, 0.05) is 18.1 Å². The lowest BCUT2D eigenvalue weighted by molar-refractivity contribution is 0.469. The van der Waals surface area contributed by atoms with Crippen LogP contribution in [0.2, 0.25) is 0 Å². The minimum absolute atomic E-state index is 0.138. The number of nitriles is 2. The first-order valence-corrected chi connectivity index (χ1v) is 10.5. The molecule has 0 aromatic heterocycles. The van der Waals surface area contributed by atoms with Gasteiger partial charge in [0.1, 0.15) is 5.25 Å². The van der Waals surface area contributed by atoms with Crippen LogP contribution in [0, 0.1) is 22.7 Å². The molecule has 0 saturated heterocycles. The molecule has 0 rings (SSSR count). The average Bonchev–Trinajstić information content (AvgIpc) is 2.45. The lowest BCUT2D eigenvalue weighted by Gasteiger charge is -2.28. The van der Waals surface area contributed by atoms with Gasteiger partial charge in [0.2, 0.25) is 0 Å². The monoisotopic (exact) mass is 317 g/mol. The molecule has 0 radical (unpaired) electrons. The Kier molecular flexibility index (Phi) is 11.6. The third-order valence-corrected chi connectivity index (χ3v) is 7.57. The van der Waals surface area contributed by atoms with Gasteiger partial charge >= 0.3 is 0 Å². The third-order valence-electron chi connectivity index (χ3n) is 2.70. The second-order valence-corrected chi connectivity index (χ2v) is 8.64. The molecule has 0 saturated carbocycles. The van der Waals surface area contributed by atoms with Crippen LogP contribution in [0.15, 0.2) is 0 Å². The minimum atomic E-state index is -0.138. The van der Waals surface area contributed by atoms with Crippen molar-refractivity contribution >= 4 is 37.1 Å². The molecule has 0 N–H and O–H groups in total. The van der Waals surface area contributed by atoms with Crippen molar-refractivity contribution in [1.29, 1.82) is 10.5 Å². The van der Waals surface area contributed by atoms with E-state index in [0.717, 1.165) is 24.6 Å². The van der Waals surface area contributed by atoms with Crippen molar-refractivity contribution in [2.45, 2.75) is 32.9 Å². The van der Waals surface area contributed by atoms with Crippen LogP contribution in [0.25, 0.3) is 0 Å². The Hall–Kier alpha value is -0.140. The van der Waals surface area contributed by atoms with E-state index in [0.29, 0.717) is 5.75 Å². The Morgan fingerprint density at radius 1 is 1.16 bits per heavy atom. The van der Waals surface area contributed by atoms with Gasteiger partial charge in [-0.2, -0.15) is 21.0 Å². The lowest BCUT2D eigenvalue weighted by atomic mass is 10.4. The Morgan fingerprint density at radius 2 is 1.74 bits per heavy atom. The summed E-state index contributed by atoms with van der Waals surface area (Å²) in [7, 11) is 3.18. The standard InChI is InChI=1S/C13H23N3S3/c1-5-16(6-2)13(19(7-3)8-4)12(11-15)18-17-10-9-14/h12H,5-8,10H2,1-4H3. The second-order valence-electron chi connectivity index (χ2n) is 3.61. The van der Waals surface area contributed by atoms with Crippen molar-refractivity contribution in [2.24, 2.45) is 0 Å². The quantitative estimate of drug-likeness (QED) is 0.389. The molecule has 0 aliphatic heterocycles. The van der Waals surface area contributed by atoms with Gasteiger partial charge in [-0.25, -0.2) is 0 Å². The van der Waals surface area contributed by atoms with Gasteiger partial charge in [0.05, 0.1) is 17.9 Å². The Morgan fingerprint density at radius 3 is 2.11 bits per heavy atom. The van der Waals surface area contributed by atoms with Crippen molar-refractivity contribution in [1.82, 2.24) is 4.90 Å². The number of hydrogen-bond donors (Lipinski definition) is 0. The van der Waals surface area contributed by atoms with Gasteiger partial charge in [0.25, 0.3) is 0 Å². The fourth-order valence-corrected chi connectivity index (χ4v) is 6.20. The summed E-state index contributed by atoms with van der Waals surface area (Å²) in [6.45, 7) is 10.5. The van der Waals surface area contributed by atoms with E-state index in [-0.39, 0.29) is 15.7 Å². The zero-order valence-electron chi connectivity index (χ0n) is 12.2. The van der Waals surface area contributed by atoms with Gasteiger partial charge < -0.3 is 0 Å². The summed E-state index contributed by atoms with van der Waals surface area (Å²) in [6.07, 6.45) is 0. The SMILES string of the molecule is CCN(CC)C(C(C#N)SSCC#N)=S(CC)CC. The van der Waals surface area contributed by atoms with E-state index in [1.165, 1.54) is 26.6 Å². The fourth-order valence-electron chi connectivity index (χ4n) is 1.78. The Labute approximate surface area is 128 Å². The van der Waals surface area contributed by atoms with E-state index < -0.39 is 0 Å². The molecule has 6 heteroatoms. The minimum Gasteiger partial charge on any atom is -0.272 e. The summed E-state index contributed by atoms with van der Waals surface area (Å²) in [4.78, 5) is 3.59. The van der Waals surface area contributed by atoms with Crippen LogP contribution in [0.5, 0.6) is 0 Å². The van der Waals surface area contributed by atoms with Crippen LogP contribution < -0.4 is 0 Å². The largest absolute Gasteiger partial charge is 0.272 e. The number of hydrogen-bond acceptors (Lipinski definition) is 4. The molecule has 0 spiro atoms. The van der Waals surface area contributed by atoms with Crippen molar-refractivity contribution < 1.29 is 0 Å². The molecule has 0 aromatic rings. The molecular weight excluding hydrogens is 294 g/mol. The zero-order valence-corrected chi connectivity index (χ0v) is 14.6. The summed E-state index contributed by atoms with van der Waals surface area (Å²) in [6, 6.07) is 4.53. The maximum absolute atomic E-state index is 9.47. The number of rotatable bonds is 8. The number of nitrogens with zero attached hydrogens (tertiary/aromatic N) is 3. The van der Waals surface area contributed by atoms with E-state index in [4.69, 9.17) is 5.26 Å². The maximum Gasteiger partial charge on any atom is 0.142 e. The fraction of sp³-hybridized carbons (Fsp3) is 0.769. The predicted molar refractivity (Wildman–Crippen MR) is 91.7 cm³/mol. The highest BCUT2D eigenvalue weighted by atomic mass is 33.1. The summed E-state index contributed by atoms with van der Waals surface area (Å²) in [5.41, 5.74) is 0. The molecule has 19 heavy (non-hydrogen) atoms. The van der Waals surface area contributed by atoms with Crippen LogP contribution in [0.4, 0.5) is 0 Å². The maximum atomic E-state index is 9.47. The van der Waals surface area contributed by atoms with E-state index in [1.54, 1.807) is 0 Å². The molecule has 0 amide bonds. The van der Waals surface area contributed by atoms with E-state index >= 15 is 0 Å². The molecule has 3 nitrogen and oxygen atoms in total. The highest BCUT2D eigenvalue weighted by Crippen LogP contribution is 2.32. The Balaban J connectivity index is 5.26. The van der Waals surface area contributed by atoms with Crippen molar-refractivity contribution in [2.75, 3.05) is 30.3 Å². The van der Waals surface area contributed by atoms with Crippen LogP contribution in [-0.2, 0) is 0 Å². The highest BCUT2D eigenvalue weighted by Gasteiger charge is 2.22. The Bertz CT molecular complexity index is 358. The molecular formula is C13H23N3S3. The highest BCUT2D eigenvalue weighted by molar-refractivity contribution is 8.77. The van der Waals surface area contributed by atoms with Crippen molar-refractivity contribution in [3.05, 3.63) is 0 Å². The molecule has 0 aliphatic carbocycles. The summed E-state index contributed by atoms with van der Waals surface area (Å²) >= 11 is 0. The molecule has 1 atom stereocenters. The van der Waals surface area contributed by atoms with Crippen molar-refractivity contribution in [3.63, 3.8) is 0 Å². The molecule has 0 bridgehead atoms. The molecule has 0 heterocycles. The third kappa shape index (κ3) is 6.23. The molecule has 0 aromatic carbocycles. The first kappa shape index (κ1) is 18.9. The second kappa shape index (κ2) is 11.7. The van der Waals surface area contributed by atoms with E-state index in [2.05, 4.69) is 44.7 Å². The first-order valence-electron chi connectivity index (χ1n) is 6.54. The molecule has 0 aliphatic rings.